The van der Waals surface area contributed by atoms with Crippen molar-refractivity contribution in [2.75, 3.05) is 6.54 Å². The second kappa shape index (κ2) is 7.89. The fourth-order valence-electron chi connectivity index (χ4n) is 1.74. The van der Waals surface area contributed by atoms with Gasteiger partial charge in [0.25, 0.3) is 0 Å². The van der Waals surface area contributed by atoms with Gasteiger partial charge in [0.2, 0.25) is 5.91 Å². The van der Waals surface area contributed by atoms with Gasteiger partial charge in [-0.25, -0.2) is 4.39 Å². The lowest BCUT2D eigenvalue weighted by molar-refractivity contribution is -0.122. The zero-order chi connectivity index (χ0) is 14.3. The maximum atomic E-state index is 12.7. The van der Waals surface area contributed by atoms with E-state index < -0.39 is 6.04 Å². The molecule has 0 spiro atoms. The van der Waals surface area contributed by atoms with E-state index in [4.69, 9.17) is 5.73 Å². The average molecular weight is 266 g/mol. The van der Waals surface area contributed by atoms with Crippen LogP contribution in [0.25, 0.3) is 0 Å². The maximum Gasteiger partial charge on any atom is 0.236 e. The summed E-state index contributed by atoms with van der Waals surface area (Å²) in [6.45, 7) is 4.74. The number of aryl methyl sites for hydroxylation is 1. The van der Waals surface area contributed by atoms with Gasteiger partial charge in [0.05, 0.1) is 6.04 Å². The van der Waals surface area contributed by atoms with E-state index >= 15 is 0 Å². The predicted molar refractivity (Wildman–Crippen MR) is 75.2 cm³/mol. The Labute approximate surface area is 114 Å². The quantitative estimate of drug-likeness (QED) is 0.795. The minimum absolute atomic E-state index is 0.0900. The molecule has 1 amide bonds. The van der Waals surface area contributed by atoms with Gasteiger partial charge in [0.15, 0.2) is 0 Å². The van der Waals surface area contributed by atoms with Crippen LogP contribution in [0.5, 0.6) is 0 Å². The first-order chi connectivity index (χ1) is 8.99. The Hall–Kier alpha value is -1.42. The van der Waals surface area contributed by atoms with E-state index in [0.717, 1.165) is 18.4 Å². The summed E-state index contributed by atoms with van der Waals surface area (Å²) in [5, 5.41) is 2.82. The largest absolute Gasteiger partial charge is 0.354 e. The summed E-state index contributed by atoms with van der Waals surface area (Å²) in [4.78, 5) is 11.6. The van der Waals surface area contributed by atoms with Crippen molar-refractivity contribution in [3.63, 3.8) is 0 Å². The number of benzene rings is 1. The van der Waals surface area contributed by atoms with Crippen LogP contribution in [0.2, 0.25) is 0 Å². The molecular weight excluding hydrogens is 243 g/mol. The molecule has 4 heteroatoms. The van der Waals surface area contributed by atoms with Gasteiger partial charge in [0, 0.05) is 6.54 Å². The number of halogens is 1. The van der Waals surface area contributed by atoms with E-state index in [1.165, 1.54) is 12.1 Å². The molecule has 106 valence electrons. The number of nitrogens with two attached hydrogens (primary N) is 1. The molecule has 0 aromatic heterocycles. The fourth-order valence-corrected chi connectivity index (χ4v) is 1.74. The van der Waals surface area contributed by atoms with Crippen LogP contribution in [-0.2, 0) is 11.2 Å². The normalized spacial score (nSPS) is 12.5. The van der Waals surface area contributed by atoms with Gasteiger partial charge in [-0.2, -0.15) is 0 Å². The van der Waals surface area contributed by atoms with E-state index in [2.05, 4.69) is 5.32 Å². The molecule has 0 radical (unpaired) electrons. The molecular formula is C15H23FN2O. The Morgan fingerprint density at radius 2 is 1.95 bits per heavy atom. The van der Waals surface area contributed by atoms with Crippen LogP contribution >= 0.6 is 0 Å². The summed E-state index contributed by atoms with van der Waals surface area (Å²) in [7, 11) is 0. The van der Waals surface area contributed by atoms with E-state index in [0.29, 0.717) is 18.9 Å². The molecule has 0 bridgehead atoms. The lowest BCUT2D eigenvalue weighted by Crippen LogP contribution is -2.41. The molecule has 0 fully saturated rings. The monoisotopic (exact) mass is 266 g/mol. The van der Waals surface area contributed by atoms with E-state index in [-0.39, 0.29) is 11.7 Å². The third kappa shape index (κ3) is 6.34. The average Bonchev–Trinajstić information content (AvgIpc) is 2.38. The Balaban J connectivity index is 2.24. The molecule has 1 atom stereocenters. The highest BCUT2D eigenvalue weighted by molar-refractivity contribution is 5.81. The summed E-state index contributed by atoms with van der Waals surface area (Å²) < 4.78 is 12.7. The lowest BCUT2D eigenvalue weighted by Gasteiger charge is -2.13. The van der Waals surface area contributed by atoms with Gasteiger partial charge in [-0.05, 0) is 42.9 Å². The number of carbonyl (C=O) groups excluding carboxylic acids is 1. The van der Waals surface area contributed by atoms with Crippen LogP contribution in [0.1, 0.15) is 32.3 Å². The molecule has 19 heavy (non-hydrogen) atoms. The third-order valence-electron chi connectivity index (χ3n) is 2.92. The van der Waals surface area contributed by atoms with Gasteiger partial charge in [-0.3, -0.25) is 4.79 Å². The van der Waals surface area contributed by atoms with Crippen molar-refractivity contribution in [1.82, 2.24) is 5.32 Å². The van der Waals surface area contributed by atoms with Gasteiger partial charge in [-0.15, -0.1) is 0 Å². The Morgan fingerprint density at radius 3 is 2.53 bits per heavy atom. The predicted octanol–water partition coefficient (Wildman–Crippen LogP) is 2.25. The number of amides is 1. The molecule has 0 aliphatic rings. The third-order valence-corrected chi connectivity index (χ3v) is 2.92. The summed E-state index contributed by atoms with van der Waals surface area (Å²) in [6, 6.07) is 5.97. The van der Waals surface area contributed by atoms with Gasteiger partial charge in [0.1, 0.15) is 5.82 Å². The summed E-state index contributed by atoms with van der Waals surface area (Å²) in [5.74, 6) is 0.108. The summed E-state index contributed by atoms with van der Waals surface area (Å²) in [5.41, 5.74) is 6.89. The minimum Gasteiger partial charge on any atom is -0.354 e. The van der Waals surface area contributed by atoms with E-state index in [1.54, 1.807) is 12.1 Å². The van der Waals surface area contributed by atoms with Crippen LogP contribution in [0.4, 0.5) is 4.39 Å². The number of hydrogen-bond donors (Lipinski definition) is 2. The minimum atomic E-state index is -0.459. The van der Waals surface area contributed by atoms with Crippen molar-refractivity contribution in [3.05, 3.63) is 35.6 Å². The SMILES string of the molecule is CC(C)CNC(=O)C(N)CCCc1ccc(F)cc1. The Kier molecular flexibility index (Phi) is 6.50. The molecule has 0 heterocycles. The number of nitrogens with one attached hydrogen (secondary N) is 1. The molecule has 0 saturated heterocycles. The highest BCUT2D eigenvalue weighted by atomic mass is 19.1. The fraction of sp³-hybridized carbons (Fsp3) is 0.533. The molecule has 0 aliphatic carbocycles. The summed E-state index contributed by atoms with van der Waals surface area (Å²) in [6.07, 6.45) is 2.27. The van der Waals surface area contributed by atoms with Crippen LogP contribution in [-0.4, -0.2) is 18.5 Å². The Bertz CT molecular complexity index is 390. The van der Waals surface area contributed by atoms with Crippen LogP contribution in [0.15, 0.2) is 24.3 Å². The first-order valence-corrected chi connectivity index (χ1v) is 6.76. The second-order valence-electron chi connectivity index (χ2n) is 5.26. The molecule has 1 unspecified atom stereocenters. The van der Waals surface area contributed by atoms with Gasteiger partial charge >= 0.3 is 0 Å². The second-order valence-corrected chi connectivity index (χ2v) is 5.26. The molecule has 1 aromatic rings. The topological polar surface area (TPSA) is 55.1 Å². The summed E-state index contributed by atoms with van der Waals surface area (Å²) >= 11 is 0. The first kappa shape index (κ1) is 15.6. The molecule has 3 N–H and O–H groups in total. The zero-order valence-corrected chi connectivity index (χ0v) is 11.7. The molecule has 1 aromatic carbocycles. The van der Waals surface area contributed by atoms with Crippen LogP contribution in [0.3, 0.4) is 0 Å². The zero-order valence-electron chi connectivity index (χ0n) is 11.7. The van der Waals surface area contributed by atoms with Crippen molar-refractivity contribution in [2.24, 2.45) is 11.7 Å². The number of hydrogen-bond acceptors (Lipinski definition) is 2. The number of carbonyl (C=O) groups is 1. The van der Waals surface area contributed by atoms with Crippen molar-refractivity contribution in [2.45, 2.75) is 39.2 Å². The molecule has 0 aliphatic heterocycles. The Morgan fingerprint density at radius 1 is 1.32 bits per heavy atom. The van der Waals surface area contributed by atoms with E-state index in [9.17, 15) is 9.18 Å². The van der Waals surface area contributed by atoms with Crippen LogP contribution < -0.4 is 11.1 Å². The highest BCUT2D eigenvalue weighted by Crippen LogP contribution is 2.08. The van der Waals surface area contributed by atoms with Crippen molar-refractivity contribution < 1.29 is 9.18 Å². The first-order valence-electron chi connectivity index (χ1n) is 6.76. The number of rotatable bonds is 7. The van der Waals surface area contributed by atoms with E-state index in [1.807, 2.05) is 13.8 Å². The van der Waals surface area contributed by atoms with Crippen molar-refractivity contribution in [1.29, 1.82) is 0 Å². The van der Waals surface area contributed by atoms with Crippen molar-refractivity contribution in [3.8, 4) is 0 Å². The standard InChI is InChI=1S/C15H23FN2O/c1-11(2)10-18-15(19)14(17)5-3-4-12-6-8-13(16)9-7-12/h6-9,11,14H,3-5,10,17H2,1-2H3,(H,18,19). The van der Waals surface area contributed by atoms with Crippen molar-refractivity contribution >= 4 is 5.91 Å². The smallest absolute Gasteiger partial charge is 0.236 e. The van der Waals surface area contributed by atoms with Gasteiger partial charge < -0.3 is 11.1 Å². The molecule has 1 rings (SSSR count). The molecule has 0 saturated carbocycles. The lowest BCUT2D eigenvalue weighted by atomic mass is 10.0. The van der Waals surface area contributed by atoms with Gasteiger partial charge in [-0.1, -0.05) is 26.0 Å². The highest BCUT2D eigenvalue weighted by Gasteiger charge is 2.12. The maximum absolute atomic E-state index is 12.7. The molecule has 3 nitrogen and oxygen atoms in total. The van der Waals surface area contributed by atoms with Crippen LogP contribution in [0, 0.1) is 11.7 Å².